The van der Waals surface area contributed by atoms with Gasteiger partial charge in [0.2, 0.25) is 10.0 Å². The van der Waals surface area contributed by atoms with E-state index < -0.39 is 10.0 Å². The number of hydrogen-bond acceptors (Lipinski definition) is 6. The van der Waals surface area contributed by atoms with Crippen LogP contribution < -0.4 is 4.72 Å². The minimum atomic E-state index is -3.62. The van der Waals surface area contributed by atoms with E-state index in [1.165, 1.54) is 6.07 Å². The van der Waals surface area contributed by atoms with Crippen LogP contribution in [0.1, 0.15) is 5.56 Å². The van der Waals surface area contributed by atoms with Gasteiger partial charge >= 0.3 is 0 Å². The summed E-state index contributed by atoms with van der Waals surface area (Å²) in [4.78, 5) is 0.141. The number of benzene rings is 1. The number of nitrogens with one attached hydrogen (secondary N) is 2. The van der Waals surface area contributed by atoms with Gasteiger partial charge in [0.05, 0.1) is 17.9 Å². The number of aromatic nitrogens is 4. The van der Waals surface area contributed by atoms with Gasteiger partial charge in [0.1, 0.15) is 15.9 Å². The van der Waals surface area contributed by atoms with Gasteiger partial charge in [-0.3, -0.25) is 5.10 Å². The molecule has 9 heteroatoms. The van der Waals surface area contributed by atoms with Gasteiger partial charge in [0, 0.05) is 18.3 Å². The van der Waals surface area contributed by atoms with E-state index in [2.05, 4.69) is 23.7 Å². The second-order valence-corrected chi connectivity index (χ2v) is 6.08. The third-order valence-electron chi connectivity index (χ3n) is 2.56. The molecule has 2 heterocycles. The molecular formula is C10H9N5O2S2. The van der Waals surface area contributed by atoms with Gasteiger partial charge in [-0.1, -0.05) is 6.07 Å². The quantitative estimate of drug-likeness (QED) is 0.744. The molecule has 0 amide bonds. The van der Waals surface area contributed by atoms with Gasteiger partial charge in [-0.2, -0.15) is 13.8 Å². The number of aromatic amines is 1. The largest absolute Gasteiger partial charge is 0.285 e. The van der Waals surface area contributed by atoms with Crippen LogP contribution >= 0.6 is 11.7 Å². The number of hydrogen-bond donors (Lipinski definition) is 2. The average molecular weight is 295 g/mol. The molecule has 1 aromatic carbocycles. The molecule has 0 unspecified atom stereocenters. The fraction of sp³-hybridized carbons (Fsp3) is 0.100. The topological polar surface area (TPSA) is 101 Å². The fourth-order valence-corrected chi connectivity index (χ4v) is 3.41. The molecule has 0 aliphatic carbocycles. The highest BCUT2D eigenvalue weighted by molar-refractivity contribution is 7.89. The molecule has 0 saturated carbocycles. The monoisotopic (exact) mass is 295 g/mol. The highest BCUT2D eigenvalue weighted by atomic mass is 32.2. The maximum atomic E-state index is 12.2. The third-order valence-corrected chi connectivity index (χ3v) is 4.54. The first-order valence-electron chi connectivity index (χ1n) is 5.35. The summed E-state index contributed by atoms with van der Waals surface area (Å²) < 4.78 is 35.0. The summed E-state index contributed by atoms with van der Waals surface area (Å²) in [5.41, 5.74) is 1.73. The molecule has 2 N–H and O–H groups in total. The highest BCUT2D eigenvalue weighted by Gasteiger charge is 2.19. The van der Waals surface area contributed by atoms with Crippen LogP contribution in [0.4, 0.5) is 0 Å². The lowest BCUT2D eigenvalue weighted by Crippen LogP contribution is -2.23. The van der Waals surface area contributed by atoms with Crippen molar-refractivity contribution in [2.45, 2.75) is 11.4 Å². The van der Waals surface area contributed by atoms with Crippen LogP contribution in [0.3, 0.4) is 0 Å². The SMILES string of the molecule is O=S(=O)(NCc1cn[nH]c1)c1cccc2nsnc12. The van der Waals surface area contributed by atoms with Crippen molar-refractivity contribution in [1.82, 2.24) is 23.7 Å². The smallest absolute Gasteiger partial charge is 0.243 e. The van der Waals surface area contributed by atoms with Crippen molar-refractivity contribution in [2.24, 2.45) is 0 Å². The zero-order chi connectivity index (χ0) is 13.3. The summed E-state index contributed by atoms with van der Waals surface area (Å²) in [6, 6.07) is 4.89. The summed E-state index contributed by atoms with van der Waals surface area (Å²) in [6.07, 6.45) is 3.20. The van der Waals surface area contributed by atoms with Crippen LogP contribution in [0.15, 0.2) is 35.5 Å². The Morgan fingerprint density at radius 2 is 2.21 bits per heavy atom. The molecule has 0 saturated heterocycles. The Morgan fingerprint density at radius 1 is 1.32 bits per heavy atom. The van der Waals surface area contributed by atoms with Crippen molar-refractivity contribution in [1.29, 1.82) is 0 Å². The van der Waals surface area contributed by atoms with Crippen LogP contribution in [0.25, 0.3) is 11.0 Å². The van der Waals surface area contributed by atoms with Crippen molar-refractivity contribution < 1.29 is 8.42 Å². The predicted octanol–water partition coefficient (Wildman–Crippen LogP) is 0.893. The summed E-state index contributed by atoms with van der Waals surface area (Å²) in [6.45, 7) is 0.173. The lowest BCUT2D eigenvalue weighted by Gasteiger charge is -2.05. The van der Waals surface area contributed by atoms with Crippen molar-refractivity contribution in [2.75, 3.05) is 0 Å². The molecule has 3 aromatic rings. The Hall–Kier alpha value is -1.84. The third kappa shape index (κ3) is 2.35. The van der Waals surface area contributed by atoms with Gasteiger partial charge in [0.15, 0.2) is 0 Å². The van der Waals surface area contributed by atoms with Crippen LogP contribution in [-0.2, 0) is 16.6 Å². The molecule has 2 aromatic heterocycles. The van der Waals surface area contributed by atoms with Crippen molar-refractivity contribution in [3.05, 3.63) is 36.2 Å². The molecule has 0 aliphatic rings. The average Bonchev–Trinajstić information content (AvgIpc) is 3.06. The molecule has 98 valence electrons. The van der Waals surface area contributed by atoms with Gasteiger partial charge in [0.25, 0.3) is 0 Å². The second-order valence-electron chi connectivity index (χ2n) is 3.82. The number of sulfonamides is 1. The van der Waals surface area contributed by atoms with E-state index in [-0.39, 0.29) is 11.4 Å². The second kappa shape index (κ2) is 4.68. The molecule has 19 heavy (non-hydrogen) atoms. The Morgan fingerprint density at radius 3 is 3.00 bits per heavy atom. The number of rotatable bonds is 4. The zero-order valence-electron chi connectivity index (χ0n) is 9.57. The Kier molecular flexibility index (Phi) is 3.01. The normalized spacial score (nSPS) is 12.0. The van der Waals surface area contributed by atoms with Crippen molar-refractivity contribution in [3.63, 3.8) is 0 Å². The van der Waals surface area contributed by atoms with Gasteiger partial charge in [-0.15, -0.1) is 0 Å². The number of H-pyrrole nitrogens is 1. The van der Waals surface area contributed by atoms with E-state index in [9.17, 15) is 8.42 Å². The Labute approximate surface area is 113 Å². The minimum Gasteiger partial charge on any atom is -0.285 e. The lowest BCUT2D eigenvalue weighted by atomic mass is 10.3. The van der Waals surface area contributed by atoms with Crippen LogP contribution in [0.5, 0.6) is 0 Å². The van der Waals surface area contributed by atoms with Gasteiger partial charge in [-0.05, 0) is 12.1 Å². The maximum Gasteiger partial charge on any atom is 0.243 e. The van der Waals surface area contributed by atoms with E-state index in [0.29, 0.717) is 11.0 Å². The summed E-state index contributed by atoms with van der Waals surface area (Å²) in [5, 5.41) is 6.38. The summed E-state index contributed by atoms with van der Waals surface area (Å²) in [5.74, 6) is 0. The molecule has 0 atom stereocenters. The Balaban J connectivity index is 1.93. The molecular weight excluding hydrogens is 286 g/mol. The van der Waals surface area contributed by atoms with Crippen LogP contribution in [0, 0.1) is 0 Å². The maximum absolute atomic E-state index is 12.2. The van der Waals surface area contributed by atoms with Gasteiger partial charge in [-0.25, -0.2) is 13.1 Å². The Bertz CT molecular complexity index is 794. The first kappa shape index (κ1) is 12.2. The minimum absolute atomic E-state index is 0.141. The molecule has 0 fully saturated rings. The van der Waals surface area contributed by atoms with E-state index in [0.717, 1.165) is 17.3 Å². The summed E-state index contributed by atoms with van der Waals surface area (Å²) >= 11 is 0.992. The number of nitrogens with zero attached hydrogens (tertiary/aromatic N) is 3. The first-order chi connectivity index (χ1) is 9.17. The zero-order valence-corrected chi connectivity index (χ0v) is 11.2. The van der Waals surface area contributed by atoms with E-state index >= 15 is 0 Å². The molecule has 0 bridgehead atoms. The lowest BCUT2D eigenvalue weighted by molar-refractivity contribution is 0.582. The molecule has 3 rings (SSSR count). The number of fused-ring (bicyclic) bond motifs is 1. The molecule has 0 aliphatic heterocycles. The summed E-state index contributed by atoms with van der Waals surface area (Å²) in [7, 11) is -3.62. The fourth-order valence-electron chi connectivity index (χ4n) is 1.63. The highest BCUT2D eigenvalue weighted by Crippen LogP contribution is 2.20. The molecule has 0 spiro atoms. The molecule has 7 nitrogen and oxygen atoms in total. The first-order valence-corrected chi connectivity index (χ1v) is 7.57. The van der Waals surface area contributed by atoms with Crippen molar-refractivity contribution >= 4 is 32.8 Å². The van der Waals surface area contributed by atoms with E-state index in [1.54, 1.807) is 24.5 Å². The standard InChI is InChI=1S/C10H9N5O2S2/c16-19(17,13-6-7-4-11-12-5-7)9-3-1-2-8-10(9)15-18-14-8/h1-5,13H,6H2,(H,11,12). The van der Waals surface area contributed by atoms with E-state index in [1.807, 2.05) is 0 Å². The van der Waals surface area contributed by atoms with Crippen LogP contribution in [-0.4, -0.2) is 27.4 Å². The predicted molar refractivity (Wildman–Crippen MR) is 70.0 cm³/mol. The van der Waals surface area contributed by atoms with E-state index in [4.69, 9.17) is 0 Å². The van der Waals surface area contributed by atoms with Crippen LogP contribution in [0.2, 0.25) is 0 Å². The van der Waals surface area contributed by atoms with Crippen molar-refractivity contribution in [3.8, 4) is 0 Å². The molecule has 0 radical (unpaired) electrons. The van der Waals surface area contributed by atoms with Gasteiger partial charge < -0.3 is 0 Å².